The van der Waals surface area contributed by atoms with Crippen LogP contribution in [0.3, 0.4) is 0 Å². The van der Waals surface area contributed by atoms with Crippen molar-refractivity contribution in [1.82, 2.24) is 9.55 Å². The van der Waals surface area contributed by atoms with Gasteiger partial charge in [-0.3, -0.25) is 9.36 Å². The molecule has 0 unspecified atom stereocenters. The summed E-state index contributed by atoms with van der Waals surface area (Å²) in [5.74, 6) is 0.978. The van der Waals surface area contributed by atoms with Crippen molar-refractivity contribution in [3.63, 3.8) is 0 Å². The van der Waals surface area contributed by atoms with E-state index in [0.29, 0.717) is 40.7 Å². The van der Waals surface area contributed by atoms with E-state index >= 15 is 0 Å². The average Bonchev–Trinajstić information content (AvgIpc) is 2.56. The Labute approximate surface area is 154 Å². The zero-order valence-electron chi connectivity index (χ0n) is 14.9. The van der Waals surface area contributed by atoms with Crippen molar-refractivity contribution in [3.05, 3.63) is 34.6 Å². The summed E-state index contributed by atoms with van der Waals surface area (Å²) in [7, 11) is 0. The van der Waals surface area contributed by atoms with Crippen LogP contribution in [-0.2, 0) is 11.3 Å². The van der Waals surface area contributed by atoms with Crippen LogP contribution < -0.4 is 5.56 Å². The van der Waals surface area contributed by atoms with Crippen LogP contribution in [0.25, 0.3) is 10.9 Å². The first-order chi connectivity index (χ1) is 12.3. The minimum Gasteiger partial charge on any atom is -0.372 e. The van der Waals surface area contributed by atoms with Crippen molar-refractivity contribution < 1.29 is 17.9 Å². The van der Waals surface area contributed by atoms with Gasteiger partial charge in [0.15, 0.2) is 5.16 Å². The monoisotopic (exact) mass is 388 g/mol. The molecule has 0 radical (unpaired) electrons. The Morgan fingerprint density at radius 1 is 1.27 bits per heavy atom. The van der Waals surface area contributed by atoms with Crippen molar-refractivity contribution >= 4 is 22.7 Å². The molecule has 0 aliphatic heterocycles. The van der Waals surface area contributed by atoms with Gasteiger partial charge in [-0.15, -0.1) is 0 Å². The first-order valence-corrected chi connectivity index (χ1v) is 9.53. The molecule has 0 fully saturated rings. The third-order valence-electron chi connectivity index (χ3n) is 3.69. The Morgan fingerprint density at radius 2 is 2.00 bits per heavy atom. The molecule has 0 saturated carbocycles. The molecule has 26 heavy (non-hydrogen) atoms. The average molecular weight is 388 g/mol. The number of thioether (sulfide) groups is 1. The summed E-state index contributed by atoms with van der Waals surface area (Å²) in [6.45, 7) is 3.54. The maximum Gasteiger partial charge on any atom is 0.411 e. The zero-order valence-corrected chi connectivity index (χ0v) is 15.7. The number of hydrogen-bond donors (Lipinski definition) is 0. The topological polar surface area (TPSA) is 44.1 Å². The fourth-order valence-electron chi connectivity index (χ4n) is 2.35. The summed E-state index contributed by atoms with van der Waals surface area (Å²) < 4.78 is 42.4. The van der Waals surface area contributed by atoms with Crippen molar-refractivity contribution in [2.45, 2.75) is 44.6 Å². The van der Waals surface area contributed by atoms with Gasteiger partial charge in [-0.2, -0.15) is 13.2 Å². The lowest BCUT2D eigenvalue weighted by Crippen LogP contribution is -2.24. The second kappa shape index (κ2) is 9.41. The number of benzene rings is 1. The van der Waals surface area contributed by atoms with E-state index in [-0.39, 0.29) is 12.2 Å². The van der Waals surface area contributed by atoms with Gasteiger partial charge in [0, 0.05) is 18.9 Å². The van der Waals surface area contributed by atoms with Crippen LogP contribution in [0.1, 0.15) is 26.7 Å². The standard InChI is InChI=1S/C18H23F3N2O2S/c1-13(2)8-9-23-16(24)14-6-3-4-7-15(14)22-17(23)26-11-5-10-25-12-18(19,20)21/h3-4,6-7,13H,5,8-12H2,1-2H3. The smallest absolute Gasteiger partial charge is 0.372 e. The van der Waals surface area contributed by atoms with Crippen LogP contribution in [0.2, 0.25) is 0 Å². The third kappa shape index (κ3) is 6.32. The first-order valence-electron chi connectivity index (χ1n) is 8.55. The highest BCUT2D eigenvalue weighted by atomic mass is 32.2. The van der Waals surface area contributed by atoms with Gasteiger partial charge in [0.25, 0.3) is 5.56 Å². The zero-order chi connectivity index (χ0) is 19.2. The lowest BCUT2D eigenvalue weighted by molar-refractivity contribution is -0.173. The highest BCUT2D eigenvalue weighted by molar-refractivity contribution is 7.99. The molecule has 0 aliphatic rings. The second-order valence-electron chi connectivity index (χ2n) is 6.42. The summed E-state index contributed by atoms with van der Waals surface area (Å²) in [4.78, 5) is 17.3. The fourth-order valence-corrected chi connectivity index (χ4v) is 3.29. The van der Waals surface area contributed by atoms with Crippen LogP contribution in [0.5, 0.6) is 0 Å². The predicted molar refractivity (Wildman–Crippen MR) is 97.7 cm³/mol. The lowest BCUT2D eigenvalue weighted by atomic mass is 10.1. The van der Waals surface area contributed by atoms with Crippen molar-refractivity contribution in [3.8, 4) is 0 Å². The molecule has 1 aromatic heterocycles. The Bertz CT molecular complexity index is 775. The molecule has 2 aromatic rings. The maximum absolute atomic E-state index is 12.8. The minimum absolute atomic E-state index is 0.0241. The highest BCUT2D eigenvalue weighted by Crippen LogP contribution is 2.20. The Hall–Kier alpha value is -1.54. The van der Waals surface area contributed by atoms with Gasteiger partial charge in [0.05, 0.1) is 10.9 Å². The quantitative estimate of drug-likeness (QED) is 0.360. The number of ether oxygens (including phenoxy) is 1. The molecule has 0 atom stereocenters. The number of aromatic nitrogens is 2. The molecule has 0 spiro atoms. The summed E-state index contributed by atoms with van der Waals surface area (Å²) in [5, 5.41) is 1.18. The summed E-state index contributed by atoms with van der Waals surface area (Å²) in [5.41, 5.74) is 0.557. The first kappa shape index (κ1) is 20.8. The van der Waals surface area contributed by atoms with Crippen molar-refractivity contribution in [1.29, 1.82) is 0 Å². The third-order valence-corrected chi connectivity index (χ3v) is 4.75. The number of alkyl halides is 3. The predicted octanol–water partition coefficient (Wildman–Crippen LogP) is 4.50. The highest BCUT2D eigenvalue weighted by Gasteiger charge is 2.27. The van der Waals surface area contributed by atoms with Gasteiger partial charge in [0.2, 0.25) is 0 Å². The Morgan fingerprint density at radius 3 is 2.69 bits per heavy atom. The van der Waals surface area contributed by atoms with E-state index in [4.69, 9.17) is 0 Å². The van der Waals surface area contributed by atoms with Crippen LogP contribution >= 0.6 is 11.8 Å². The molecule has 144 valence electrons. The van der Waals surface area contributed by atoms with Gasteiger partial charge in [-0.25, -0.2) is 4.98 Å². The van der Waals surface area contributed by atoms with Gasteiger partial charge in [0.1, 0.15) is 6.61 Å². The van der Waals surface area contributed by atoms with Crippen LogP contribution in [0, 0.1) is 5.92 Å². The molecule has 8 heteroatoms. The normalized spacial score (nSPS) is 12.2. The van der Waals surface area contributed by atoms with Crippen LogP contribution in [0.4, 0.5) is 13.2 Å². The van der Waals surface area contributed by atoms with Gasteiger partial charge in [-0.1, -0.05) is 37.7 Å². The SMILES string of the molecule is CC(C)CCn1c(SCCCOCC(F)(F)F)nc2ccccc2c1=O. The lowest BCUT2D eigenvalue weighted by Gasteiger charge is -2.14. The molecule has 0 aliphatic carbocycles. The largest absolute Gasteiger partial charge is 0.411 e. The molecule has 4 nitrogen and oxygen atoms in total. The number of hydrogen-bond acceptors (Lipinski definition) is 4. The van der Waals surface area contributed by atoms with E-state index in [1.54, 1.807) is 16.7 Å². The van der Waals surface area contributed by atoms with E-state index in [0.717, 1.165) is 6.42 Å². The maximum atomic E-state index is 12.8. The van der Waals surface area contributed by atoms with Gasteiger partial charge < -0.3 is 4.74 Å². The molecule has 1 aromatic carbocycles. The number of nitrogens with zero attached hydrogens (tertiary/aromatic N) is 2. The van der Waals surface area contributed by atoms with E-state index in [1.807, 2.05) is 12.1 Å². The number of fused-ring (bicyclic) bond motifs is 1. The molecule has 2 rings (SSSR count). The van der Waals surface area contributed by atoms with Gasteiger partial charge in [-0.05, 0) is 30.9 Å². The van der Waals surface area contributed by atoms with E-state index in [9.17, 15) is 18.0 Å². The molecule has 0 bridgehead atoms. The van der Waals surface area contributed by atoms with Crippen molar-refractivity contribution in [2.24, 2.45) is 5.92 Å². The summed E-state index contributed by atoms with van der Waals surface area (Å²) >= 11 is 1.38. The number of rotatable bonds is 9. The van der Waals surface area contributed by atoms with Crippen LogP contribution in [0.15, 0.2) is 34.2 Å². The molecular formula is C18H23F3N2O2S. The van der Waals surface area contributed by atoms with E-state index in [2.05, 4.69) is 23.6 Å². The van der Waals surface area contributed by atoms with Crippen molar-refractivity contribution in [2.75, 3.05) is 19.0 Å². The van der Waals surface area contributed by atoms with E-state index < -0.39 is 12.8 Å². The second-order valence-corrected chi connectivity index (χ2v) is 7.48. The minimum atomic E-state index is -4.30. The Kier molecular flexibility index (Phi) is 7.52. The molecule has 0 N–H and O–H groups in total. The Balaban J connectivity index is 2.06. The number of halogens is 3. The number of para-hydroxylation sites is 1. The molecule has 0 amide bonds. The van der Waals surface area contributed by atoms with E-state index in [1.165, 1.54) is 11.8 Å². The summed E-state index contributed by atoms with van der Waals surface area (Å²) in [6, 6.07) is 7.19. The summed E-state index contributed by atoms with van der Waals surface area (Å²) in [6.07, 6.45) is -3.00. The fraction of sp³-hybridized carbons (Fsp3) is 0.556. The van der Waals surface area contributed by atoms with Crippen LogP contribution in [-0.4, -0.2) is 34.7 Å². The molecular weight excluding hydrogens is 365 g/mol. The molecule has 0 saturated heterocycles. The molecule has 1 heterocycles. The van der Waals surface area contributed by atoms with Gasteiger partial charge >= 0.3 is 6.18 Å².